The first kappa shape index (κ1) is 15.2. The van der Waals surface area contributed by atoms with Crippen molar-refractivity contribution in [3.05, 3.63) is 53.6 Å². The fourth-order valence-corrected chi connectivity index (χ4v) is 2.44. The van der Waals surface area contributed by atoms with Gasteiger partial charge in [-0.2, -0.15) is 0 Å². The highest BCUT2D eigenvalue weighted by Gasteiger charge is 2.17. The average molecular weight is 314 g/mol. The third kappa shape index (κ3) is 3.56. The van der Waals surface area contributed by atoms with Crippen LogP contribution in [0.1, 0.15) is 22.3 Å². The van der Waals surface area contributed by atoms with E-state index >= 15 is 0 Å². The molecule has 0 saturated carbocycles. The molecule has 1 heterocycles. The topological polar surface area (TPSA) is 54.0 Å². The summed E-state index contributed by atoms with van der Waals surface area (Å²) in [6, 6.07) is 12.7. The molecule has 0 atom stereocenters. The number of aryl methyl sites for hydroxylation is 1. The van der Waals surface area contributed by atoms with Gasteiger partial charge in [0.2, 0.25) is 6.79 Å². The second-order valence-electron chi connectivity index (χ2n) is 5.12. The molecular weight excluding hydrogens is 296 g/mol. The maximum absolute atomic E-state index is 11.8. The second kappa shape index (κ2) is 7.05. The molecular formula is C18H18O5. The summed E-state index contributed by atoms with van der Waals surface area (Å²) in [7, 11) is 1.62. The summed E-state index contributed by atoms with van der Waals surface area (Å²) in [4.78, 5) is 11.8. The van der Waals surface area contributed by atoms with Crippen LogP contribution in [0, 0.1) is 0 Å². The van der Waals surface area contributed by atoms with Gasteiger partial charge in [-0.25, -0.2) is 4.79 Å². The first-order chi connectivity index (χ1) is 11.3. The second-order valence-corrected chi connectivity index (χ2v) is 5.12. The third-order valence-corrected chi connectivity index (χ3v) is 3.61. The van der Waals surface area contributed by atoms with E-state index in [1.54, 1.807) is 19.2 Å². The van der Waals surface area contributed by atoms with Crippen molar-refractivity contribution >= 4 is 5.97 Å². The van der Waals surface area contributed by atoms with Crippen molar-refractivity contribution in [2.24, 2.45) is 0 Å². The Bertz CT molecular complexity index is 681. The molecule has 0 bridgehead atoms. The van der Waals surface area contributed by atoms with Gasteiger partial charge < -0.3 is 18.9 Å². The monoisotopic (exact) mass is 314 g/mol. The van der Waals surface area contributed by atoms with E-state index in [1.807, 2.05) is 30.3 Å². The summed E-state index contributed by atoms with van der Waals surface area (Å²) >= 11 is 0. The van der Waals surface area contributed by atoms with E-state index in [2.05, 4.69) is 0 Å². The number of ether oxygens (including phenoxy) is 4. The minimum atomic E-state index is -0.303. The van der Waals surface area contributed by atoms with Crippen LogP contribution in [-0.2, 0) is 11.2 Å². The van der Waals surface area contributed by atoms with E-state index in [4.69, 9.17) is 18.9 Å². The Hall–Kier alpha value is -2.69. The Morgan fingerprint density at radius 2 is 1.87 bits per heavy atom. The molecule has 2 aromatic carbocycles. The number of hydrogen-bond acceptors (Lipinski definition) is 5. The number of rotatable bonds is 6. The van der Waals surface area contributed by atoms with Crippen LogP contribution in [0.3, 0.4) is 0 Å². The zero-order valence-electron chi connectivity index (χ0n) is 12.9. The van der Waals surface area contributed by atoms with Crippen molar-refractivity contribution in [2.75, 3.05) is 20.5 Å². The fraction of sp³-hybridized carbons (Fsp3) is 0.278. The highest BCUT2D eigenvalue weighted by atomic mass is 16.7. The van der Waals surface area contributed by atoms with E-state index in [0.29, 0.717) is 24.3 Å². The Kier molecular flexibility index (Phi) is 4.66. The van der Waals surface area contributed by atoms with Crippen molar-refractivity contribution in [1.82, 2.24) is 0 Å². The van der Waals surface area contributed by atoms with E-state index in [1.165, 1.54) is 0 Å². The molecule has 3 rings (SSSR count). The molecule has 0 aromatic heterocycles. The van der Waals surface area contributed by atoms with E-state index < -0.39 is 0 Å². The van der Waals surface area contributed by atoms with Crippen LogP contribution in [0.2, 0.25) is 0 Å². The predicted octanol–water partition coefficient (Wildman–Crippen LogP) is 3.21. The van der Waals surface area contributed by atoms with Crippen LogP contribution in [0.5, 0.6) is 17.2 Å². The van der Waals surface area contributed by atoms with Gasteiger partial charge in [0.15, 0.2) is 11.5 Å². The third-order valence-electron chi connectivity index (χ3n) is 3.61. The number of hydrogen-bond donors (Lipinski definition) is 0. The van der Waals surface area contributed by atoms with E-state index in [0.717, 1.165) is 23.5 Å². The molecule has 0 aliphatic carbocycles. The molecule has 0 saturated heterocycles. The largest absolute Gasteiger partial charge is 0.496 e. The van der Waals surface area contributed by atoms with Gasteiger partial charge in [-0.1, -0.05) is 18.2 Å². The molecule has 1 aliphatic heterocycles. The van der Waals surface area contributed by atoms with Crippen molar-refractivity contribution in [3.8, 4) is 17.2 Å². The quantitative estimate of drug-likeness (QED) is 0.605. The van der Waals surface area contributed by atoms with Crippen LogP contribution in [0.15, 0.2) is 42.5 Å². The normalized spacial score (nSPS) is 12.0. The molecule has 0 radical (unpaired) electrons. The zero-order valence-corrected chi connectivity index (χ0v) is 12.9. The lowest BCUT2D eigenvalue weighted by atomic mass is 10.1. The van der Waals surface area contributed by atoms with Crippen LogP contribution in [0.25, 0.3) is 0 Å². The number of esters is 1. The minimum absolute atomic E-state index is 0.233. The van der Waals surface area contributed by atoms with Gasteiger partial charge in [0.1, 0.15) is 5.75 Å². The van der Waals surface area contributed by atoms with Crippen LogP contribution in [-0.4, -0.2) is 26.5 Å². The summed E-state index contributed by atoms with van der Waals surface area (Å²) < 4.78 is 21.4. The molecule has 5 nitrogen and oxygen atoms in total. The first-order valence-electron chi connectivity index (χ1n) is 7.46. The lowest BCUT2D eigenvalue weighted by molar-refractivity contribution is 0.0500. The van der Waals surface area contributed by atoms with Gasteiger partial charge in [-0.15, -0.1) is 0 Å². The minimum Gasteiger partial charge on any atom is -0.496 e. The van der Waals surface area contributed by atoms with Crippen LogP contribution in [0.4, 0.5) is 0 Å². The van der Waals surface area contributed by atoms with Crippen molar-refractivity contribution < 1.29 is 23.7 Å². The molecule has 0 N–H and O–H groups in total. The van der Waals surface area contributed by atoms with Crippen molar-refractivity contribution in [2.45, 2.75) is 12.8 Å². The fourth-order valence-electron chi connectivity index (χ4n) is 2.44. The van der Waals surface area contributed by atoms with Crippen LogP contribution >= 0.6 is 0 Å². The van der Waals surface area contributed by atoms with Crippen molar-refractivity contribution in [1.29, 1.82) is 0 Å². The van der Waals surface area contributed by atoms with Gasteiger partial charge in [0.05, 0.1) is 19.3 Å². The molecule has 2 aromatic rings. The number of carbonyl (C=O) groups is 1. The Labute approximate surface area is 134 Å². The maximum Gasteiger partial charge on any atom is 0.338 e. The molecule has 23 heavy (non-hydrogen) atoms. The first-order valence-corrected chi connectivity index (χ1v) is 7.46. The molecule has 1 aliphatic rings. The number of methoxy groups -OCH3 is 1. The lowest BCUT2D eigenvalue weighted by Crippen LogP contribution is -2.07. The standard InChI is InChI=1S/C18H18O5/c1-20-15-11-17-16(22-12-23-17)10-14(15)8-5-9-21-18(19)13-6-3-2-4-7-13/h2-4,6-7,10-11H,5,8-9,12H2,1H3. The molecule has 0 fully saturated rings. The Morgan fingerprint density at radius 1 is 1.13 bits per heavy atom. The Morgan fingerprint density at radius 3 is 2.61 bits per heavy atom. The lowest BCUT2D eigenvalue weighted by Gasteiger charge is -2.10. The zero-order chi connectivity index (χ0) is 16.1. The molecule has 0 spiro atoms. The highest BCUT2D eigenvalue weighted by Crippen LogP contribution is 2.38. The predicted molar refractivity (Wildman–Crippen MR) is 84.2 cm³/mol. The summed E-state index contributed by atoms with van der Waals surface area (Å²) in [5.41, 5.74) is 1.57. The van der Waals surface area contributed by atoms with Gasteiger partial charge in [-0.05, 0) is 36.6 Å². The number of carbonyl (C=O) groups excluding carboxylic acids is 1. The molecule has 120 valence electrons. The molecule has 0 unspecified atom stereocenters. The van der Waals surface area contributed by atoms with Gasteiger partial charge >= 0.3 is 5.97 Å². The van der Waals surface area contributed by atoms with Gasteiger partial charge in [0, 0.05) is 6.07 Å². The summed E-state index contributed by atoms with van der Waals surface area (Å²) in [6.45, 7) is 0.585. The summed E-state index contributed by atoms with van der Waals surface area (Å²) in [5.74, 6) is 1.87. The van der Waals surface area contributed by atoms with Gasteiger partial charge in [0.25, 0.3) is 0 Å². The maximum atomic E-state index is 11.8. The summed E-state index contributed by atoms with van der Waals surface area (Å²) in [6.07, 6.45) is 1.43. The smallest absolute Gasteiger partial charge is 0.338 e. The number of benzene rings is 2. The Balaban J connectivity index is 1.54. The highest BCUT2D eigenvalue weighted by molar-refractivity contribution is 5.89. The summed E-state index contributed by atoms with van der Waals surface area (Å²) in [5, 5.41) is 0. The SMILES string of the molecule is COc1cc2c(cc1CCCOC(=O)c1ccccc1)OCO2. The van der Waals surface area contributed by atoms with Gasteiger partial charge in [-0.3, -0.25) is 0 Å². The number of fused-ring (bicyclic) bond motifs is 1. The molecule has 5 heteroatoms. The van der Waals surface area contributed by atoms with E-state index in [-0.39, 0.29) is 12.8 Å². The van der Waals surface area contributed by atoms with Crippen LogP contribution < -0.4 is 14.2 Å². The molecule has 0 amide bonds. The van der Waals surface area contributed by atoms with Crippen molar-refractivity contribution in [3.63, 3.8) is 0 Å². The average Bonchev–Trinajstić information content (AvgIpc) is 3.05. The van der Waals surface area contributed by atoms with E-state index in [9.17, 15) is 4.79 Å².